The second-order valence-electron chi connectivity index (χ2n) is 6.39. The maximum Gasteiger partial charge on any atom is 0.271 e. The molecule has 1 unspecified atom stereocenters. The van der Waals surface area contributed by atoms with Crippen molar-refractivity contribution in [1.82, 2.24) is 0 Å². The monoisotopic (exact) mass is 419 g/mol. The summed E-state index contributed by atoms with van der Waals surface area (Å²) in [5, 5.41) is 13.7. The van der Waals surface area contributed by atoms with Crippen molar-refractivity contribution in [2.24, 2.45) is 0 Å². The molecule has 154 valence electrons. The number of rotatable bonds is 8. The number of nitrogens with one attached hydrogen (secondary N) is 1. The van der Waals surface area contributed by atoms with Crippen molar-refractivity contribution in [3.05, 3.63) is 64.2 Å². The largest absolute Gasteiger partial charge is 0.324 e. The molecule has 0 aliphatic heterocycles. The Kier molecular flexibility index (Phi) is 6.70. The summed E-state index contributed by atoms with van der Waals surface area (Å²) < 4.78 is 25.8. The summed E-state index contributed by atoms with van der Waals surface area (Å²) in [7, 11) is -3.93. The third-order valence-electron chi connectivity index (χ3n) is 4.16. The minimum Gasteiger partial charge on any atom is -0.324 e. The molecule has 0 radical (unpaired) electrons. The lowest BCUT2D eigenvalue weighted by Crippen LogP contribution is -2.47. The number of nitro benzene ring substituents is 1. The lowest BCUT2D eigenvalue weighted by atomic mass is 10.1. The number of nitrogens with zero attached hydrogens (tertiary/aromatic N) is 2. The Labute approximate surface area is 168 Å². The summed E-state index contributed by atoms with van der Waals surface area (Å²) in [5.41, 5.74) is 0.463. The van der Waals surface area contributed by atoms with Crippen LogP contribution in [0.1, 0.15) is 30.6 Å². The quantitative estimate of drug-likeness (QED) is 0.398. The van der Waals surface area contributed by atoms with Crippen molar-refractivity contribution in [1.29, 1.82) is 0 Å². The molecule has 0 saturated carbocycles. The number of amides is 1. The van der Waals surface area contributed by atoms with E-state index in [4.69, 9.17) is 0 Å². The number of non-ortho nitro benzene ring substituents is 1. The van der Waals surface area contributed by atoms with E-state index < -0.39 is 26.9 Å². The van der Waals surface area contributed by atoms with E-state index in [9.17, 15) is 28.1 Å². The molecule has 0 saturated heterocycles. The molecule has 0 aromatic heterocycles. The van der Waals surface area contributed by atoms with Crippen LogP contribution in [0.4, 0.5) is 17.1 Å². The van der Waals surface area contributed by atoms with E-state index in [-0.39, 0.29) is 23.6 Å². The number of Topliss-reactive ketones (excluding diaryl/α,β-unsaturated/α-hetero) is 1. The normalized spacial score (nSPS) is 12.1. The zero-order chi connectivity index (χ0) is 21.8. The summed E-state index contributed by atoms with van der Waals surface area (Å²) in [6, 6.07) is 10.2. The maximum absolute atomic E-state index is 12.9. The van der Waals surface area contributed by atoms with Gasteiger partial charge in [0.1, 0.15) is 6.04 Å². The molecule has 0 aliphatic rings. The number of ketones is 1. The number of sulfonamides is 1. The highest BCUT2D eigenvalue weighted by molar-refractivity contribution is 7.92. The van der Waals surface area contributed by atoms with Gasteiger partial charge >= 0.3 is 0 Å². The van der Waals surface area contributed by atoms with Gasteiger partial charge in [0.15, 0.2) is 5.78 Å². The van der Waals surface area contributed by atoms with Crippen LogP contribution < -0.4 is 9.62 Å². The lowest BCUT2D eigenvalue weighted by Gasteiger charge is -2.30. The molecule has 0 spiro atoms. The molecule has 0 heterocycles. The minimum absolute atomic E-state index is 0.0150. The van der Waals surface area contributed by atoms with Crippen LogP contribution >= 0.6 is 0 Å². The van der Waals surface area contributed by atoms with Gasteiger partial charge in [-0.3, -0.25) is 24.0 Å². The summed E-state index contributed by atoms with van der Waals surface area (Å²) >= 11 is 0. The molecule has 2 aromatic carbocycles. The predicted molar refractivity (Wildman–Crippen MR) is 110 cm³/mol. The second-order valence-corrected chi connectivity index (χ2v) is 8.25. The standard InChI is InChI=1S/C19H21N3O6S/c1-4-18(19(24)20-15-8-5-7-14(11-15)13(2)23)21(29(3,27)28)16-9-6-10-17(12-16)22(25)26/h5-12,18H,4H2,1-3H3,(H,20,24). The number of benzene rings is 2. The minimum atomic E-state index is -3.93. The van der Waals surface area contributed by atoms with Crippen LogP contribution in [-0.4, -0.2) is 37.3 Å². The van der Waals surface area contributed by atoms with Crippen LogP contribution in [-0.2, 0) is 14.8 Å². The lowest BCUT2D eigenvalue weighted by molar-refractivity contribution is -0.384. The van der Waals surface area contributed by atoms with E-state index in [2.05, 4.69) is 5.32 Å². The smallest absolute Gasteiger partial charge is 0.271 e. The number of nitro groups is 1. The Morgan fingerprint density at radius 3 is 2.38 bits per heavy atom. The third kappa shape index (κ3) is 5.38. The summed E-state index contributed by atoms with van der Waals surface area (Å²) in [5.74, 6) is -0.798. The summed E-state index contributed by atoms with van der Waals surface area (Å²) in [6.45, 7) is 3.02. The van der Waals surface area contributed by atoms with Gasteiger partial charge in [-0.2, -0.15) is 0 Å². The Hall–Kier alpha value is -3.27. The molecule has 9 nitrogen and oxygen atoms in total. The fourth-order valence-electron chi connectivity index (χ4n) is 2.85. The first-order valence-electron chi connectivity index (χ1n) is 8.70. The predicted octanol–water partition coefficient (Wildman–Crippen LogP) is 2.98. The van der Waals surface area contributed by atoms with Crippen LogP contribution in [0.2, 0.25) is 0 Å². The fraction of sp³-hybridized carbons (Fsp3) is 0.263. The molecule has 2 rings (SSSR count). The first kappa shape index (κ1) is 22.0. The van der Waals surface area contributed by atoms with E-state index in [1.807, 2.05) is 0 Å². The molecule has 1 amide bonds. The molecule has 0 aliphatic carbocycles. The molecule has 1 N–H and O–H groups in total. The van der Waals surface area contributed by atoms with E-state index in [0.29, 0.717) is 11.3 Å². The Morgan fingerprint density at radius 2 is 1.83 bits per heavy atom. The average molecular weight is 419 g/mol. The SMILES string of the molecule is CCC(C(=O)Nc1cccc(C(C)=O)c1)N(c1cccc([N+](=O)[O-])c1)S(C)(=O)=O. The number of hydrogen-bond acceptors (Lipinski definition) is 6. The fourth-order valence-corrected chi connectivity index (χ4v) is 4.05. The van der Waals surface area contributed by atoms with Gasteiger partial charge in [-0.15, -0.1) is 0 Å². The van der Waals surface area contributed by atoms with E-state index in [0.717, 1.165) is 16.6 Å². The molecular weight excluding hydrogens is 398 g/mol. The summed E-state index contributed by atoms with van der Waals surface area (Å²) in [4.78, 5) is 34.8. The number of anilines is 2. The van der Waals surface area contributed by atoms with Crippen LogP contribution in [0.3, 0.4) is 0 Å². The van der Waals surface area contributed by atoms with Crippen LogP contribution in [0.15, 0.2) is 48.5 Å². The molecule has 2 aromatic rings. The number of carbonyl (C=O) groups excluding carboxylic acids is 2. The molecule has 10 heteroatoms. The Morgan fingerprint density at radius 1 is 1.17 bits per heavy atom. The van der Waals surface area contributed by atoms with Gasteiger partial charge in [0.2, 0.25) is 15.9 Å². The van der Waals surface area contributed by atoms with Gasteiger partial charge in [0.05, 0.1) is 16.9 Å². The highest BCUT2D eigenvalue weighted by Crippen LogP contribution is 2.27. The molecule has 0 fully saturated rings. The second kappa shape index (κ2) is 8.82. The van der Waals surface area contributed by atoms with E-state index in [1.165, 1.54) is 31.2 Å². The van der Waals surface area contributed by atoms with Gasteiger partial charge in [0, 0.05) is 23.4 Å². The zero-order valence-electron chi connectivity index (χ0n) is 16.2. The van der Waals surface area contributed by atoms with Gasteiger partial charge < -0.3 is 5.32 Å². The first-order chi connectivity index (χ1) is 13.5. The van der Waals surface area contributed by atoms with Gasteiger partial charge in [-0.25, -0.2) is 8.42 Å². The zero-order valence-corrected chi connectivity index (χ0v) is 17.0. The molecular formula is C19H21N3O6S. The highest BCUT2D eigenvalue weighted by atomic mass is 32.2. The first-order valence-corrected chi connectivity index (χ1v) is 10.5. The molecule has 29 heavy (non-hydrogen) atoms. The van der Waals surface area contributed by atoms with Crippen LogP contribution in [0, 0.1) is 10.1 Å². The van der Waals surface area contributed by atoms with Crippen molar-refractivity contribution in [2.75, 3.05) is 15.9 Å². The van der Waals surface area contributed by atoms with Crippen molar-refractivity contribution >= 4 is 38.8 Å². The van der Waals surface area contributed by atoms with Crippen molar-refractivity contribution in [3.63, 3.8) is 0 Å². The molecule has 0 bridgehead atoms. The number of hydrogen-bond donors (Lipinski definition) is 1. The maximum atomic E-state index is 12.9. The number of carbonyl (C=O) groups is 2. The van der Waals surface area contributed by atoms with Crippen LogP contribution in [0.25, 0.3) is 0 Å². The van der Waals surface area contributed by atoms with Crippen LogP contribution in [0.5, 0.6) is 0 Å². The topological polar surface area (TPSA) is 127 Å². The molecule has 1 atom stereocenters. The third-order valence-corrected chi connectivity index (χ3v) is 5.34. The Balaban J connectivity index is 2.42. The van der Waals surface area contributed by atoms with Crippen molar-refractivity contribution in [2.45, 2.75) is 26.3 Å². The van der Waals surface area contributed by atoms with Gasteiger partial charge in [-0.1, -0.05) is 25.1 Å². The Bertz CT molecular complexity index is 1050. The highest BCUT2D eigenvalue weighted by Gasteiger charge is 2.32. The summed E-state index contributed by atoms with van der Waals surface area (Å²) in [6.07, 6.45) is 1.05. The van der Waals surface area contributed by atoms with E-state index in [1.54, 1.807) is 25.1 Å². The van der Waals surface area contributed by atoms with Crippen molar-refractivity contribution in [3.8, 4) is 0 Å². The van der Waals surface area contributed by atoms with E-state index >= 15 is 0 Å². The van der Waals surface area contributed by atoms with Crippen molar-refractivity contribution < 1.29 is 22.9 Å². The van der Waals surface area contributed by atoms with Gasteiger partial charge in [-0.05, 0) is 31.5 Å². The average Bonchev–Trinajstić information content (AvgIpc) is 2.65. The van der Waals surface area contributed by atoms with Gasteiger partial charge in [0.25, 0.3) is 5.69 Å².